The highest BCUT2D eigenvalue weighted by atomic mass is 16.4. The van der Waals surface area contributed by atoms with Gasteiger partial charge in [0.2, 0.25) is 5.56 Å². The second-order valence-corrected chi connectivity index (χ2v) is 4.12. The maximum atomic E-state index is 11.9. The van der Waals surface area contributed by atoms with Crippen LogP contribution in [0, 0.1) is 0 Å². The van der Waals surface area contributed by atoms with Gasteiger partial charge in [-0.25, -0.2) is 4.79 Å². The average molecular weight is 271 g/mol. The van der Waals surface area contributed by atoms with E-state index in [0.29, 0.717) is 22.4 Å². The molecule has 0 radical (unpaired) electrons. The third kappa shape index (κ3) is 2.24. The number of aromatic amines is 2. The first kappa shape index (κ1) is 12.0. The highest BCUT2D eigenvalue weighted by Crippen LogP contribution is 2.16. The molecule has 0 unspecified atom stereocenters. The van der Waals surface area contributed by atoms with Crippen LogP contribution in [0.5, 0.6) is 0 Å². The number of nitrogens with one attached hydrogen (secondary N) is 3. The number of fused-ring (bicyclic) bond motifs is 1. The monoisotopic (exact) mass is 271 g/mol. The molecule has 0 saturated heterocycles. The molecule has 0 aliphatic rings. The highest BCUT2D eigenvalue weighted by Gasteiger charge is 2.08. The Hall–Kier alpha value is -3.09. The van der Waals surface area contributed by atoms with E-state index >= 15 is 0 Å². The summed E-state index contributed by atoms with van der Waals surface area (Å²) in [4.78, 5) is 38.8. The van der Waals surface area contributed by atoms with Crippen molar-refractivity contribution in [1.82, 2.24) is 9.97 Å². The Kier molecular flexibility index (Phi) is 2.72. The second kappa shape index (κ2) is 4.54. The maximum absolute atomic E-state index is 11.9. The normalized spacial score (nSPS) is 10.6. The van der Waals surface area contributed by atoms with Crippen molar-refractivity contribution < 1.29 is 9.21 Å². The zero-order chi connectivity index (χ0) is 14.1. The lowest BCUT2D eigenvalue weighted by Gasteiger charge is -2.04. The average Bonchev–Trinajstić information content (AvgIpc) is 2.78. The number of aromatic nitrogens is 2. The van der Waals surface area contributed by atoms with Gasteiger partial charge in [-0.05, 0) is 18.2 Å². The van der Waals surface area contributed by atoms with Crippen LogP contribution < -0.4 is 16.6 Å². The molecule has 3 N–H and O–H groups in total. The van der Waals surface area contributed by atoms with Crippen LogP contribution in [0.4, 0.5) is 5.69 Å². The molecule has 3 aromatic rings. The molecule has 0 fully saturated rings. The van der Waals surface area contributed by atoms with E-state index < -0.39 is 5.76 Å². The van der Waals surface area contributed by atoms with E-state index in [1.54, 1.807) is 12.1 Å². The van der Waals surface area contributed by atoms with E-state index in [0.717, 1.165) is 0 Å². The van der Waals surface area contributed by atoms with Gasteiger partial charge < -0.3 is 14.7 Å². The largest absolute Gasteiger partial charge is 0.417 e. The summed E-state index contributed by atoms with van der Waals surface area (Å²) < 4.78 is 4.90. The first-order valence-corrected chi connectivity index (χ1v) is 5.75. The molecule has 0 spiro atoms. The zero-order valence-corrected chi connectivity index (χ0v) is 10.1. The summed E-state index contributed by atoms with van der Waals surface area (Å²) in [6, 6.07) is 7.49. The van der Waals surface area contributed by atoms with E-state index in [1.165, 1.54) is 24.4 Å². The summed E-state index contributed by atoms with van der Waals surface area (Å²) >= 11 is 0. The molecule has 7 nitrogen and oxygen atoms in total. The van der Waals surface area contributed by atoms with E-state index in [-0.39, 0.29) is 11.5 Å². The van der Waals surface area contributed by atoms with Gasteiger partial charge in [-0.3, -0.25) is 14.6 Å². The third-order valence-electron chi connectivity index (χ3n) is 2.73. The minimum atomic E-state index is -0.552. The molecule has 1 aromatic carbocycles. The predicted octanol–water partition coefficient (Wildman–Crippen LogP) is 1.06. The molecule has 7 heteroatoms. The van der Waals surface area contributed by atoms with Crippen LogP contribution in [0.3, 0.4) is 0 Å². The number of H-pyrrole nitrogens is 2. The number of anilines is 1. The lowest BCUT2D eigenvalue weighted by Crippen LogP contribution is -2.14. The van der Waals surface area contributed by atoms with E-state index in [1.807, 2.05) is 0 Å². The molecule has 2 heterocycles. The highest BCUT2D eigenvalue weighted by molar-refractivity contribution is 6.04. The summed E-state index contributed by atoms with van der Waals surface area (Å²) in [6.07, 6.45) is 1.33. The number of hydrogen-bond donors (Lipinski definition) is 3. The minimum Gasteiger partial charge on any atom is -0.408 e. The van der Waals surface area contributed by atoms with Gasteiger partial charge in [-0.1, -0.05) is 0 Å². The molecule has 0 aliphatic carbocycles. The van der Waals surface area contributed by atoms with Crippen LogP contribution in [0.15, 0.2) is 50.5 Å². The molecule has 0 atom stereocenters. The number of amides is 1. The standard InChI is InChI=1S/C13H9N3O4/c17-11-4-1-7(6-14-11)12(18)15-8-2-3-9-10(5-8)20-13(19)16-9/h1-6H,(H,14,17)(H,15,18)(H,16,19). The van der Waals surface area contributed by atoms with Crippen molar-refractivity contribution in [2.45, 2.75) is 0 Å². The SMILES string of the molecule is O=C(Nc1ccc2[nH]c(=O)oc2c1)c1ccc(=O)[nH]c1. The van der Waals surface area contributed by atoms with Crippen molar-refractivity contribution in [1.29, 1.82) is 0 Å². The first-order valence-electron chi connectivity index (χ1n) is 5.75. The Morgan fingerprint density at radius 2 is 2.00 bits per heavy atom. The minimum absolute atomic E-state index is 0.280. The second-order valence-electron chi connectivity index (χ2n) is 4.12. The third-order valence-corrected chi connectivity index (χ3v) is 2.73. The topological polar surface area (TPSA) is 108 Å². The van der Waals surface area contributed by atoms with Crippen LogP contribution >= 0.6 is 0 Å². The predicted molar refractivity (Wildman–Crippen MR) is 71.9 cm³/mol. The van der Waals surface area contributed by atoms with Crippen LogP contribution in [-0.4, -0.2) is 15.9 Å². The summed E-state index contributed by atoms with van der Waals surface area (Å²) in [6.45, 7) is 0. The molecule has 0 bridgehead atoms. The maximum Gasteiger partial charge on any atom is 0.417 e. The van der Waals surface area contributed by atoms with Crippen LogP contribution in [0.25, 0.3) is 11.1 Å². The zero-order valence-electron chi connectivity index (χ0n) is 10.1. The van der Waals surface area contributed by atoms with Gasteiger partial charge in [0, 0.05) is 24.0 Å². The van der Waals surface area contributed by atoms with Gasteiger partial charge in [0.1, 0.15) is 0 Å². The molecule has 1 amide bonds. The Bertz CT molecular complexity index is 883. The smallest absolute Gasteiger partial charge is 0.408 e. The Labute approximate surface area is 111 Å². The molecule has 0 saturated carbocycles. The molecule has 20 heavy (non-hydrogen) atoms. The van der Waals surface area contributed by atoms with Crippen molar-refractivity contribution in [3.8, 4) is 0 Å². The summed E-state index contributed by atoms with van der Waals surface area (Å²) in [7, 11) is 0. The van der Waals surface area contributed by atoms with Crippen molar-refractivity contribution in [3.63, 3.8) is 0 Å². The molecule has 2 aromatic heterocycles. The molecular weight excluding hydrogens is 262 g/mol. The van der Waals surface area contributed by atoms with Crippen LogP contribution in [-0.2, 0) is 0 Å². The number of carbonyl (C=O) groups excluding carboxylic acids is 1. The summed E-state index contributed by atoms with van der Waals surface area (Å²) in [5, 5.41) is 2.64. The quantitative estimate of drug-likeness (QED) is 0.647. The fourth-order valence-corrected chi connectivity index (χ4v) is 1.78. The van der Waals surface area contributed by atoms with Crippen molar-refractivity contribution in [2.24, 2.45) is 0 Å². The van der Waals surface area contributed by atoms with Gasteiger partial charge in [-0.2, -0.15) is 0 Å². The number of rotatable bonds is 2. The molecule has 0 aliphatic heterocycles. The molecule has 100 valence electrons. The summed E-state index contributed by atoms with van der Waals surface area (Å²) in [5.74, 6) is -0.928. The van der Waals surface area contributed by atoms with Gasteiger partial charge in [0.15, 0.2) is 5.58 Å². The fourth-order valence-electron chi connectivity index (χ4n) is 1.78. The van der Waals surface area contributed by atoms with Crippen LogP contribution in [0.1, 0.15) is 10.4 Å². The Morgan fingerprint density at radius 1 is 1.15 bits per heavy atom. The molecular formula is C13H9N3O4. The fraction of sp³-hybridized carbons (Fsp3) is 0. The van der Waals surface area contributed by atoms with E-state index in [2.05, 4.69) is 15.3 Å². The van der Waals surface area contributed by atoms with Gasteiger partial charge in [0.05, 0.1) is 11.1 Å². The Balaban J connectivity index is 1.88. The van der Waals surface area contributed by atoms with Crippen molar-refractivity contribution in [2.75, 3.05) is 5.32 Å². The van der Waals surface area contributed by atoms with Crippen molar-refractivity contribution >= 4 is 22.7 Å². The molecule has 3 rings (SSSR count). The van der Waals surface area contributed by atoms with Gasteiger partial charge >= 0.3 is 5.76 Å². The lowest BCUT2D eigenvalue weighted by molar-refractivity contribution is 0.102. The number of oxazole rings is 1. The number of benzene rings is 1. The van der Waals surface area contributed by atoms with E-state index in [4.69, 9.17) is 4.42 Å². The Morgan fingerprint density at radius 3 is 2.75 bits per heavy atom. The number of hydrogen-bond acceptors (Lipinski definition) is 4. The number of carbonyl (C=O) groups is 1. The van der Waals surface area contributed by atoms with Crippen molar-refractivity contribution in [3.05, 3.63) is 63.0 Å². The van der Waals surface area contributed by atoms with Gasteiger partial charge in [0.25, 0.3) is 5.91 Å². The van der Waals surface area contributed by atoms with E-state index in [9.17, 15) is 14.4 Å². The van der Waals surface area contributed by atoms with Crippen LogP contribution in [0.2, 0.25) is 0 Å². The lowest BCUT2D eigenvalue weighted by atomic mass is 10.2. The summed E-state index contributed by atoms with van der Waals surface area (Å²) in [5.41, 5.74) is 1.43. The first-order chi connectivity index (χ1) is 9.61. The van der Waals surface area contributed by atoms with Gasteiger partial charge in [-0.15, -0.1) is 0 Å². The number of pyridine rings is 1.